The van der Waals surface area contributed by atoms with E-state index in [0.717, 1.165) is 22.7 Å². The Hall–Kier alpha value is -2.33. The molecule has 1 amide bonds. The molecule has 3 rings (SSSR count). The number of carbonyl (C=O) groups excluding carboxylic acids is 1. The fraction of sp³-hybridized carbons (Fsp3) is 0.278. The van der Waals surface area contributed by atoms with E-state index in [1.165, 1.54) is 29.5 Å². The number of halogens is 3. The average Bonchev–Trinajstić information content (AvgIpc) is 3.28. The summed E-state index contributed by atoms with van der Waals surface area (Å²) in [5.74, 6) is 0.0783. The molecule has 28 heavy (non-hydrogen) atoms. The van der Waals surface area contributed by atoms with Gasteiger partial charge in [0.05, 0.1) is 21.9 Å². The smallest absolute Gasteiger partial charge is 0.325 e. The molecule has 0 saturated carbocycles. The highest BCUT2D eigenvalue weighted by atomic mass is 32.2. The van der Waals surface area contributed by atoms with E-state index in [1.807, 2.05) is 35.9 Å². The van der Waals surface area contributed by atoms with Crippen LogP contribution in [0.5, 0.6) is 0 Å². The number of thioether (sulfide) groups is 1. The van der Waals surface area contributed by atoms with Gasteiger partial charge in [-0.15, -0.1) is 21.5 Å². The second-order valence-corrected chi connectivity index (χ2v) is 8.02. The van der Waals surface area contributed by atoms with E-state index in [4.69, 9.17) is 0 Å². The van der Waals surface area contributed by atoms with Crippen molar-refractivity contribution in [1.29, 1.82) is 0 Å². The molecule has 0 aliphatic rings. The third kappa shape index (κ3) is 4.56. The minimum absolute atomic E-state index is 0.0589. The lowest BCUT2D eigenvalue weighted by Gasteiger charge is -2.14. The van der Waals surface area contributed by atoms with Gasteiger partial charge in [-0.05, 0) is 37.4 Å². The zero-order chi connectivity index (χ0) is 20.3. The lowest BCUT2D eigenvalue weighted by atomic mass is 10.1. The molecule has 148 valence electrons. The number of anilines is 1. The summed E-state index contributed by atoms with van der Waals surface area (Å²) in [6.07, 6.45) is -4.54. The molecule has 1 aromatic carbocycles. The Morgan fingerprint density at radius 2 is 1.96 bits per heavy atom. The van der Waals surface area contributed by atoms with Crippen LogP contribution in [0.4, 0.5) is 18.9 Å². The van der Waals surface area contributed by atoms with Crippen LogP contribution in [0.25, 0.3) is 10.7 Å². The Morgan fingerprint density at radius 3 is 2.61 bits per heavy atom. The summed E-state index contributed by atoms with van der Waals surface area (Å²) < 4.78 is 41.1. The van der Waals surface area contributed by atoms with Gasteiger partial charge in [0.25, 0.3) is 0 Å². The molecular formula is C18H17F3N4OS2. The standard InChI is InChI=1S/C18H17F3N4OS2/c1-11(2)25-16(14-8-5-9-27-14)23-24-17(25)28-10-15(26)22-13-7-4-3-6-12(13)18(19,20)21/h3-9,11H,10H2,1-2H3,(H,22,26). The molecular weight excluding hydrogens is 409 g/mol. The number of nitrogens with zero attached hydrogens (tertiary/aromatic N) is 3. The highest BCUT2D eigenvalue weighted by molar-refractivity contribution is 7.99. The Balaban J connectivity index is 1.73. The number of hydrogen-bond acceptors (Lipinski definition) is 5. The van der Waals surface area contributed by atoms with Crippen LogP contribution < -0.4 is 5.32 Å². The predicted molar refractivity (Wildman–Crippen MR) is 105 cm³/mol. The van der Waals surface area contributed by atoms with E-state index in [9.17, 15) is 18.0 Å². The van der Waals surface area contributed by atoms with Gasteiger partial charge in [-0.3, -0.25) is 9.36 Å². The molecule has 0 spiro atoms. The third-order valence-corrected chi connectivity index (χ3v) is 5.57. The molecule has 0 radical (unpaired) electrons. The van der Waals surface area contributed by atoms with E-state index in [0.29, 0.717) is 11.0 Å². The number of alkyl halides is 3. The van der Waals surface area contributed by atoms with Crippen molar-refractivity contribution in [3.8, 4) is 10.7 Å². The summed E-state index contributed by atoms with van der Waals surface area (Å²) in [7, 11) is 0. The van der Waals surface area contributed by atoms with Crippen molar-refractivity contribution in [2.24, 2.45) is 0 Å². The van der Waals surface area contributed by atoms with Gasteiger partial charge in [-0.1, -0.05) is 30.0 Å². The molecule has 2 aromatic heterocycles. The van der Waals surface area contributed by atoms with E-state index in [2.05, 4.69) is 15.5 Å². The van der Waals surface area contributed by atoms with Gasteiger partial charge in [-0.25, -0.2) is 0 Å². The summed E-state index contributed by atoms with van der Waals surface area (Å²) in [6.45, 7) is 3.95. The summed E-state index contributed by atoms with van der Waals surface area (Å²) in [6, 6.07) is 8.80. The first-order chi connectivity index (χ1) is 13.3. The highest BCUT2D eigenvalue weighted by Crippen LogP contribution is 2.35. The molecule has 0 unspecified atom stereocenters. The van der Waals surface area contributed by atoms with E-state index in [1.54, 1.807) is 0 Å². The van der Waals surface area contributed by atoms with Crippen LogP contribution in [-0.4, -0.2) is 26.4 Å². The molecule has 0 fully saturated rings. The molecule has 3 aromatic rings. The van der Waals surface area contributed by atoms with E-state index < -0.39 is 17.6 Å². The predicted octanol–water partition coefficient (Wildman–Crippen LogP) is 5.34. The van der Waals surface area contributed by atoms with Crippen LogP contribution in [-0.2, 0) is 11.0 Å². The van der Waals surface area contributed by atoms with Crippen LogP contribution in [0.3, 0.4) is 0 Å². The van der Waals surface area contributed by atoms with Crippen LogP contribution in [0.1, 0.15) is 25.5 Å². The lowest BCUT2D eigenvalue weighted by Crippen LogP contribution is -2.18. The van der Waals surface area contributed by atoms with Crippen molar-refractivity contribution in [3.63, 3.8) is 0 Å². The summed E-state index contributed by atoms with van der Waals surface area (Å²) >= 11 is 2.67. The molecule has 0 atom stereocenters. The maximum absolute atomic E-state index is 13.1. The number of nitrogens with one attached hydrogen (secondary N) is 1. The number of amides is 1. The molecule has 0 aliphatic carbocycles. The first-order valence-electron chi connectivity index (χ1n) is 8.35. The maximum atomic E-state index is 13.1. The molecule has 2 heterocycles. The zero-order valence-electron chi connectivity index (χ0n) is 15.0. The Labute approximate surface area is 168 Å². The number of rotatable bonds is 6. The topological polar surface area (TPSA) is 59.8 Å². The van der Waals surface area contributed by atoms with Crippen LogP contribution >= 0.6 is 23.1 Å². The minimum atomic E-state index is -4.54. The zero-order valence-corrected chi connectivity index (χ0v) is 16.7. The number of benzene rings is 1. The molecule has 10 heteroatoms. The van der Waals surface area contributed by atoms with E-state index >= 15 is 0 Å². The molecule has 0 aliphatic heterocycles. The Kier molecular flexibility index (Phi) is 6.09. The van der Waals surface area contributed by atoms with Crippen LogP contribution in [0, 0.1) is 0 Å². The summed E-state index contributed by atoms with van der Waals surface area (Å²) in [5.41, 5.74) is -1.14. The lowest BCUT2D eigenvalue weighted by molar-refractivity contribution is -0.137. The van der Waals surface area contributed by atoms with Crippen LogP contribution in [0.15, 0.2) is 46.9 Å². The second kappa shape index (κ2) is 8.36. The van der Waals surface area contributed by atoms with Gasteiger partial charge in [0.1, 0.15) is 0 Å². The Bertz CT molecular complexity index is 952. The van der Waals surface area contributed by atoms with Crippen molar-refractivity contribution in [3.05, 3.63) is 47.3 Å². The van der Waals surface area contributed by atoms with Gasteiger partial charge in [-0.2, -0.15) is 13.2 Å². The van der Waals surface area contributed by atoms with Crippen molar-refractivity contribution in [2.75, 3.05) is 11.1 Å². The minimum Gasteiger partial charge on any atom is -0.325 e. The van der Waals surface area contributed by atoms with Gasteiger partial charge >= 0.3 is 6.18 Å². The van der Waals surface area contributed by atoms with Gasteiger partial charge in [0, 0.05) is 6.04 Å². The van der Waals surface area contributed by atoms with Crippen LogP contribution in [0.2, 0.25) is 0 Å². The molecule has 1 N–H and O–H groups in total. The average molecular weight is 426 g/mol. The van der Waals surface area contributed by atoms with Gasteiger partial charge in [0.2, 0.25) is 5.91 Å². The first-order valence-corrected chi connectivity index (χ1v) is 10.2. The maximum Gasteiger partial charge on any atom is 0.418 e. The number of para-hydroxylation sites is 1. The molecule has 0 saturated heterocycles. The van der Waals surface area contributed by atoms with Gasteiger partial charge < -0.3 is 5.32 Å². The summed E-state index contributed by atoms with van der Waals surface area (Å²) in [5, 5.41) is 13.2. The molecule has 5 nitrogen and oxygen atoms in total. The van der Waals surface area contributed by atoms with Crippen molar-refractivity contribution in [1.82, 2.24) is 14.8 Å². The normalized spacial score (nSPS) is 11.8. The Morgan fingerprint density at radius 1 is 1.21 bits per heavy atom. The number of thiophene rings is 1. The largest absolute Gasteiger partial charge is 0.418 e. The summed E-state index contributed by atoms with van der Waals surface area (Å²) in [4.78, 5) is 13.2. The van der Waals surface area contributed by atoms with Gasteiger partial charge in [0.15, 0.2) is 11.0 Å². The van der Waals surface area contributed by atoms with Crippen molar-refractivity contribution < 1.29 is 18.0 Å². The quantitative estimate of drug-likeness (QED) is 0.541. The molecule has 0 bridgehead atoms. The van der Waals surface area contributed by atoms with E-state index in [-0.39, 0.29) is 17.5 Å². The SMILES string of the molecule is CC(C)n1c(SCC(=O)Nc2ccccc2C(F)(F)F)nnc1-c1cccs1. The number of carbonyl (C=O) groups is 1. The first kappa shape index (κ1) is 20.4. The number of hydrogen-bond donors (Lipinski definition) is 1. The third-order valence-electron chi connectivity index (χ3n) is 3.76. The fourth-order valence-electron chi connectivity index (χ4n) is 2.57. The second-order valence-electron chi connectivity index (χ2n) is 6.13. The monoisotopic (exact) mass is 426 g/mol. The highest BCUT2D eigenvalue weighted by Gasteiger charge is 2.33. The van der Waals surface area contributed by atoms with Crippen molar-refractivity contribution in [2.45, 2.75) is 31.2 Å². The van der Waals surface area contributed by atoms with Crippen molar-refractivity contribution >= 4 is 34.7 Å². The number of aromatic nitrogens is 3. The fourth-order valence-corrected chi connectivity index (χ4v) is 4.14.